The summed E-state index contributed by atoms with van der Waals surface area (Å²) in [4.78, 5) is 8.69. The molecule has 1 aliphatic rings. The lowest BCUT2D eigenvalue weighted by Crippen LogP contribution is -2.01. The molecule has 0 unspecified atom stereocenters. The highest BCUT2D eigenvalue weighted by Gasteiger charge is 2.18. The molecule has 158 valence electrons. The van der Waals surface area contributed by atoms with Crippen molar-refractivity contribution in [2.45, 2.75) is 13.0 Å². The van der Waals surface area contributed by atoms with Crippen molar-refractivity contribution in [3.8, 4) is 16.8 Å². The van der Waals surface area contributed by atoms with Crippen LogP contribution < -0.4 is 11.1 Å². The Morgan fingerprint density at radius 1 is 1.09 bits per heavy atom. The van der Waals surface area contributed by atoms with E-state index >= 15 is 0 Å². The van der Waals surface area contributed by atoms with Crippen LogP contribution in [0.2, 0.25) is 0 Å². The summed E-state index contributed by atoms with van der Waals surface area (Å²) in [6.45, 7) is 1.36. The first-order valence-electron chi connectivity index (χ1n) is 10.3. The number of benzene rings is 2. The molecule has 3 N–H and O–H groups in total. The predicted octanol–water partition coefficient (Wildman–Crippen LogP) is 3.42. The van der Waals surface area contributed by atoms with E-state index in [4.69, 9.17) is 5.73 Å². The van der Waals surface area contributed by atoms with E-state index in [0.29, 0.717) is 29.4 Å². The fraction of sp³-hybridized carbons (Fsp3) is 0.130. The van der Waals surface area contributed by atoms with Gasteiger partial charge in [-0.15, -0.1) is 5.10 Å². The number of nitrogens with one attached hydrogen (secondary N) is 1. The lowest BCUT2D eigenvalue weighted by atomic mass is 10.0. The van der Waals surface area contributed by atoms with Crippen molar-refractivity contribution in [2.75, 3.05) is 17.6 Å². The van der Waals surface area contributed by atoms with Gasteiger partial charge in [0.15, 0.2) is 0 Å². The third-order valence-electron chi connectivity index (χ3n) is 5.78. The van der Waals surface area contributed by atoms with Gasteiger partial charge in [-0.3, -0.25) is 0 Å². The van der Waals surface area contributed by atoms with Crippen LogP contribution in [0.15, 0.2) is 61.2 Å². The average Bonchev–Trinajstić information content (AvgIpc) is 3.53. The van der Waals surface area contributed by atoms with Crippen molar-refractivity contribution in [1.29, 1.82) is 0 Å². The maximum atomic E-state index is 14.1. The lowest BCUT2D eigenvalue weighted by molar-refractivity contribution is 0.607. The minimum Gasteiger partial charge on any atom is -0.384 e. The molecule has 0 fully saturated rings. The van der Waals surface area contributed by atoms with Crippen molar-refractivity contribution in [3.63, 3.8) is 0 Å². The largest absolute Gasteiger partial charge is 0.384 e. The second-order valence-electron chi connectivity index (χ2n) is 7.78. The Morgan fingerprint density at radius 2 is 2.00 bits per heavy atom. The Bertz CT molecular complexity index is 1470. The number of fused-ring (bicyclic) bond motifs is 2. The Morgan fingerprint density at radius 3 is 2.91 bits per heavy atom. The molecule has 1 aliphatic heterocycles. The number of rotatable bonds is 4. The van der Waals surface area contributed by atoms with E-state index in [2.05, 4.69) is 43.8 Å². The van der Waals surface area contributed by atoms with Gasteiger partial charge in [-0.05, 0) is 41.8 Å². The number of anilines is 2. The zero-order valence-corrected chi connectivity index (χ0v) is 17.0. The number of aromatic nitrogens is 6. The zero-order valence-electron chi connectivity index (χ0n) is 17.0. The Balaban J connectivity index is 1.42. The normalized spacial score (nSPS) is 12.8. The summed E-state index contributed by atoms with van der Waals surface area (Å²) in [5.74, 6) is 0.0710. The molecule has 0 amide bonds. The van der Waals surface area contributed by atoms with E-state index in [1.54, 1.807) is 24.4 Å². The SMILES string of the molecule is Nc1ncnc2c1c(-c1ccc3c(c1)CCN3)cn2Cc1cn(-c2ccccc2F)nn1. The summed E-state index contributed by atoms with van der Waals surface area (Å²) in [7, 11) is 0. The molecule has 0 atom stereocenters. The van der Waals surface area contributed by atoms with Gasteiger partial charge in [0.25, 0.3) is 0 Å². The van der Waals surface area contributed by atoms with E-state index < -0.39 is 0 Å². The van der Waals surface area contributed by atoms with Crippen LogP contribution in [-0.4, -0.2) is 36.1 Å². The van der Waals surface area contributed by atoms with Crippen molar-refractivity contribution in [2.24, 2.45) is 0 Å². The van der Waals surface area contributed by atoms with E-state index in [-0.39, 0.29) is 5.82 Å². The highest BCUT2D eigenvalue weighted by molar-refractivity contribution is 6.01. The molecule has 5 aromatic rings. The number of hydrogen-bond acceptors (Lipinski definition) is 6. The molecule has 0 aliphatic carbocycles. The highest BCUT2D eigenvalue weighted by atomic mass is 19.1. The van der Waals surface area contributed by atoms with Gasteiger partial charge in [0.05, 0.1) is 18.1 Å². The van der Waals surface area contributed by atoms with Gasteiger partial charge in [-0.25, -0.2) is 19.0 Å². The smallest absolute Gasteiger partial charge is 0.148 e. The van der Waals surface area contributed by atoms with Crippen LogP contribution in [0.5, 0.6) is 0 Å². The topological polar surface area (TPSA) is 99.5 Å². The van der Waals surface area contributed by atoms with E-state index in [9.17, 15) is 4.39 Å². The van der Waals surface area contributed by atoms with Crippen LogP contribution in [-0.2, 0) is 13.0 Å². The summed E-state index contributed by atoms with van der Waals surface area (Å²) in [5, 5.41) is 12.5. The van der Waals surface area contributed by atoms with Crippen molar-refractivity contribution < 1.29 is 4.39 Å². The first kappa shape index (κ1) is 18.5. The Labute approximate surface area is 182 Å². The number of nitrogen functional groups attached to an aromatic ring is 1. The third kappa shape index (κ3) is 2.97. The minimum atomic E-state index is -0.357. The summed E-state index contributed by atoms with van der Waals surface area (Å²) in [6, 6.07) is 12.8. The molecule has 9 heteroatoms. The molecule has 6 rings (SSSR count). The molecule has 3 aromatic heterocycles. The standard InChI is InChI=1S/C23H19FN8/c24-18-3-1-2-4-20(18)32-11-16(29-30-32)10-31-12-17(21-22(25)27-13-28-23(21)31)14-5-6-19-15(9-14)7-8-26-19/h1-6,9,11-13,26H,7-8,10H2,(H2,25,27,28). The van der Waals surface area contributed by atoms with Crippen LogP contribution in [0.1, 0.15) is 11.3 Å². The lowest BCUT2D eigenvalue weighted by Gasteiger charge is -2.04. The van der Waals surface area contributed by atoms with Crippen LogP contribution in [0.3, 0.4) is 0 Å². The third-order valence-corrected chi connectivity index (χ3v) is 5.78. The van der Waals surface area contributed by atoms with Gasteiger partial charge in [0, 0.05) is 24.0 Å². The van der Waals surface area contributed by atoms with Gasteiger partial charge in [0.1, 0.15) is 35.0 Å². The summed E-state index contributed by atoms with van der Waals surface area (Å²) in [5.41, 5.74) is 12.5. The van der Waals surface area contributed by atoms with Crippen molar-refractivity contribution in [1.82, 2.24) is 29.5 Å². The minimum absolute atomic E-state index is 0.350. The average molecular weight is 426 g/mol. The van der Waals surface area contributed by atoms with Gasteiger partial charge in [-0.2, -0.15) is 0 Å². The van der Waals surface area contributed by atoms with Gasteiger partial charge >= 0.3 is 0 Å². The van der Waals surface area contributed by atoms with Gasteiger partial charge in [0.2, 0.25) is 0 Å². The molecule has 0 saturated carbocycles. The maximum absolute atomic E-state index is 14.1. The number of nitrogens with zero attached hydrogens (tertiary/aromatic N) is 6. The summed E-state index contributed by atoms with van der Waals surface area (Å²) >= 11 is 0. The molecule has 0 bridgehead atoms. The second-order valence-corrected chi connectivity index (χ2v) is 7.78. The number of para-hydroxylation sites is 1. The number of nitrogens with two attached hydrogens (primary N) is 1. The molecule has 2 aromatic carbocycles. The molecular formula is C23H19FN8. The Kier molecular flexibility index (Phi) is 4.14. The maximum Gasteiger partial charge on any atom is 0.148 e. The monoisotopic (exact) mass is 426 g/mol. The molecular weight excluding hydrogens is 407 g/mol. The fourth-order valence-electron chi connectivity index (χ4n) is 4.26. The Hall–Kier alpha value is -4.27. The highest BCUT2D eigenvalue weighted by Crippen LogP contribution is 2.35. The van der Waals surface area contributed by atoms with Crippen LogP contribution in [0.25, 0.3) is 27.8 Å². The molecule has 0 radical (unpaired) electrons. The summed E-state index contributed by atoms with van der Waals surface area (Å²) in [6.07, 6.45) is 6.19. The van der Waals surface area contributed by atoms with Crippen LogP contribution in [0, 0.1) is 5.82 Å². The molecule has 4 heterocycles. The van der Waals surface area contributed by atoms with Crippen LogP contribution >= 0.6 is 0 Å². The molecule has 0 saturated heterocycles. The fourth-order valence-corrected chi connectivity index (χ4v) is 4.26. The number of hydrogen-bond donors (Lipinski definition) is 2. The molecule has 0 spiro atoms. The zero-order chi connectivity index (χ0) is 21.7. The van der Waals surface area contributed by atoms with Gasteiger partial charge in [-0.1, -0.05) is 23.4 Å². The van der Waals surface area contributed by atoms with E-state index in [0.717, 1.165) is 29.5 Å². The van der Waals surface area contributed by atoms with E-state index in [1.807, 2.05) is 10.8 Å². The first-order valence-corrected chi connectivity index (χ1v) is 10.3. The number of halogens is 1. The van der Waals surface area contributed by atoms with Crippen LogP contribution in [0.4, 0.5) is 15.9 Å². The van der Waals surface area contributed by atoms with Gasteiger partial charge < -0.3 is 15.6 Å². The van der Waals surface area contributed by atoms with Crippen molar-refractivity contribution >= 4 is 22.5 Å². The first-order chi connectivity index (χ1) is 15.7. The summed E-state index contributed by atoms with van der Waals surface area (Å²) < 4.78 is 17.5. The second kappa shape index (κ2) is 7.16. The van der Waals surface area contributed by atoms with Crippen molar-refractivity contribution in [3.05, 3.63) is 78.3 Å². The molecule has 8 nitrogen and oxygen atoms in total. The molecule has 32 heavy (non-hydrogen) atoms. The quantitative estimate of drug-likeness (QED) is 0.457. The van der Waals surface area contributed by atoms with E-state index in [1.165, 1.54) is 28.3 Å². The predicted molar refractivity (Wildman–Crippen MR) is 120 cm³/mol.